The summed E-state index contributed by atoms with van der Waals surface area (Å²) in [7, 11) is 0. The van der Waals surface area contributed by atoms with E-state index in [1.165, 1.54) is 19.3 Å². The highest BCUT2D eigenvalue weighted by molar-refractivity contribution is 6.31. The Labute approximate surface area is 237 Å². The van der Waals surface area contributed by atoms with Crippen molar-refractivity contribution in [1.82, 2.24) is 20.1 Å². The molecule has 3 fully saturated rings. The summed E-state index contributed by atoms with van der Waals surface area (Å²) in [6.07, 6.45) is 8.41. The molecular formula is C31H42ClN5O2. The first-order valence-electron chi connectivity index (χ1n) is 14.6. The maximum Gasteiger partial charge on any atom is 0.322 e. The van der Waals surface area contributed by atoms with Crippen LogP contribution in [0.15, 0.2) is 30.5 Å². The Morgan fingerprint density at radius 3 is 2.38 bits per heavy atom. The van der Waals surface area contributed by atoms with E-state index >= 15 is 0 Å². The molecule has 3 heterocycles. The second-order valence-corrected chi connectivity index (χ2v) is 12.2. The summed E-state index contributed by atoms with van der Waals surface area (Å²) in [5.41, 5.74) is 4.44. The molecule has 3 amide bonds. The second-order valence-electron chi connectivity index (χ2n) is 11.8. The van der Waals surface area contributed by atoms with Crippen LogP contribution in [-0.2, 0) is 0 Å². The Hall–Kier alpha value is -2.64. The molecule has 0 bridgehead atoms. The topological polar surface area (TPSA) is 68.8 Å². The lowest BCUT2D eigenvalue weighted by Crippen LogP contribution is -2.46. The molecule has 2 aliphatic heterocycles. The molecule has 210 valence electrons. The molecule has 1 N–H and O–H groups in total. The molecule has 1 aliphatic carbocycles. The summed E-state index contributed by atoms with van der Waals surface area (Å²) in [4.78, 5) is 37.4. The van der Waals surface area contributed by atoms with Crippen molar-refractivity contribution in [3.63, 3.8) is 0 Å². The summed E-state index contributed by atoms with van der Waals surface area (Å²) in [5.74, 6) is 1.14. The molecule has 8 heteroatoms. The fourth-order valence-electron chi connectivity index (χ4n) is 6.66. The second kappa shape index (κ2) is 12.3. The fourth-order valence-corrected chi connectivity index (χ4v) is 6.84. The van der Waals surface area contributed by atoms with Crippen molar-refractivity contribution in [3.8, 4) is 0 Å². The van der Waals surface area contributed by atoms with Crippen LogP contribution in [0.3, 0.4) is 0 Å². The first kappa shape index (κ1) is 27.9. The number of halogens is 1. The standard InChI is InChI=1S/C31H42ClN5O2/c1-21-10-11-27(16-28(21)32)37(31(39)34-26-8-5-4-6-9-26)15-7-14-35-17-24-19-36(20-25(24)18-35)30(38)29-22(2)12-13-33-23(29)3/h10-13,16,24-26H,4-9,14-15,17-20H2,1-3H3,(H,34,39). The van der Waals surface area contributed by atoms with E-state index in [-0.39, 0.29) is 18.0 Å². The van der Waals surface area contributed by atoms with Gasteiger partial charge in [-0.3, -0.25) is 14.7 Å². The molecular weight excluding hydrogens is 510 g/mol. The third-order valence-corrected chi connectivity index (χ3v) is 9.32. The molecule has 3 aliphatic rings. The number of hydrogen-bond donors (Lipinski definition) is 1. The van der Waals surface area contributed by atoms with Crippen LogP contribution in [0.2, 0.25) is 5.02 Å². The highest BCUT2D eigenvalue weighted by Crippen LogP contribution is 2.33. The first-order valence-corrected chi connectivity index (χ1v) is 15.0. The SMILES string of the molecule is Cc1ccc(N(CCCN2CC3CN(C(=O)c4c(C)ccnc4C)CC3C2)C(=O)NC2CCCCC2)cc1Cl. The van der Waals surface area contributed by atoms with E-state index in [9.17, 15) is 9.59 Å². The van der Waals surface area contributed by atoms with Crippen LogP contribution in [0.4, 0.5) is 10.5 Å². The van der Waals surface area contributed by atoms with E-state index in [0.29, 0.717) is 23.4 Å². The number of hydrogen-bond acceptors (Lipinski definition) is 4. The number of benzene rings is 1. The Bertz CT molecular complexity index is 1160. The lowest BCUT2D eigenvalue weighted by molar-refractivity contribution is 0.0772. The van der Waals surface area contributed by atoms with Crippen molar-refractivity contribution in [2.24, 2.45) is 11.8 Å². The number of fused-ring (bicyclic) bond motifs is 1. The van der Waals surface area contributed by atoms with E-state index in [2.05, 4.69) is 15.2 Å². The van der Waals surface area contributed by atoms with Crippen LogP contribution in [0.5, 0.6) is 0 Å². The van der Waals surface area contributed by atoms with Gasteiger partial charge in [-0.1, -0.05) is 36.9 Å². The summed E-state index contributed by atoms with van der Waals surface area (Å²) in [6, 6.07) is 8.06. The Morgan fingerprint density at radius 2 is 1.72 bits per heavy atom. The lowest BCUT2D eigenvalue weighted by Gasteiger charge is -2.29. The largest absolute Gasteiger partial charge is 0.338 e. The van der Waals surface area contributed by atoms with E-state index < -0.39 is 0 Å². The number of anilines is 1. The maximum absolute atomic E-state index is 13.4. The highest BCUT2D eigenvalue weighted by atomic mass is 35.5. The van der Waals surface area contributed by atoms with Crippen molar-refractivity contribution < 1.29 is 9.59 Å². The van der Waals surface area contributed by atoms with Gasteiger partial charge < -0.3 is 15.1 Å². The molecule has 2 aromatic rings. The number of carbonyl (C=O) groups is 2. The zero-order chi connectivity index (χ0) is 27.5. The van der Waals surface area contributed by atoms with Crippen molar-refractivity contribution >= 4 is 29.2 Å². The van der Waals surface area contributed by atoms with Gasteiger partial charge in [-0.2, -0.15) is 0 Å². The van der Waals surface area contributed by atoms with Crippen LogP contribution in [0.1, 0.15) is 65.7 Å². The molecule has 2 atom stereocenters. The Kier molecular flexibility index (Phi) is 8.77. The van der Waals surface area contributed by atoms with Crippen LogP contribution in [0, 0.1) is 32.6 Å². The molecule has 2 saturated heterocycles. The minimum Gasteiger partial charge on any atom is -0.338 e. The van der Waals surface area contributed by atoms with Gasteiger partial charge in [-0.25, -0.2) is 4.79 Å². The van der Waals surface area contributed by atoms with Gasteiger partial charge >= 0.3 is 6.03 Å². The van der Waals surface area contributed by atoms with Gasteiger partial charge in [0.2, 0.25) is 0 Å². The van der Waals surface area contributed by atoms with Gasteiger partial charge in [0.25, 0.3) is 5.91 Å². The zero-order valence-electron chi connectivity index (χ0n) is 23.6. The number of aryl methyl sites for hydroxylation is 3. The van der Waals surface area contributed by atoms with Crippen molar-refractivity contribution in [3.05, 3.63) is 57.9 Å². The van der Waals surface area contributed by atoms with Crippen molar-refractivity contribution in [2.45, 2.75) is 65.3 Å². The zero-order valence-corrected chi connectivity index (χ0v) is 24.3. The molecule has 5 rings (SSSR count). The summed E-state index contributed by atoms with van der Waals surface area (Å²) in [5, 5.41) is 3.97. The summed E-state index contributed by atoms with van der Waals surface area (Å²) in [6.45, 7) is 11.1. The smallest absolute Gasteiger partial charge is 0.322 e. The van der Waals surface area contributed by atoms with Gasteiger partial charge in [0.1, 0.15) is 0 Å². The third kappa shape index (κ3) is 6.41. The number of rotatable bonds is 7. The number of aromatic nitrogens is 1. The minimum absolute atomic E-state index is 0.0183. The van der Waals surface area contributed by atoms with Crippen LogP contribution < -0.4 is 10.2 Å². The summed E-state index contributed by atoms with van der Waals surface area (Å²) >= 11 is 6.44. The quantitative estimate of drug-likeness (QED) is 0.486. The molecule has 2 unspecified atom stereocenters. The maximum atomic E-state index is 13.4. The first-order chi connectivity index (χ1) is 18.8. The predicted octanol–water partition coefficient (Wildman–Crippen LogP) is 5.60. The third-order valence-electron chi connectivity index (χ3n) is 8.91. The Balaban J connectivity index is 1.15. The predicted molar refractivity (Wildman–Crippen MR) is 157 cm³/mol. The van der Waals surface area contributed by atoms with Crippen molar-refractivity contribution in [1.29, 1.82) is 0 Å². The normalized spacial score (nSPS) is 21.7. The van der Waals surface area contributed by atoms with Gasteiger partial charge in [-0.15, -0.1) is 0 Å². The number of pyridine rings is 1. The molecule has 0 spiro atoms. The lowest BCUT2D eigenvalue weighted by atomic mass is 9.96. The molecule has 1 saturated carbocycles. The minimum atomic E-state index is -0.0183. The van der Waals surface area contributed by atoms with Gasteiger partial charge in [-0.05, 0) is 87.7 Å². The number of nitrogens with one attached hydrogen (secondary N) is 1. The number of likely N-dealkylation sites (tertiary alicyclic amines) is 2. The van der Waals surface area contributed by atoms with Gasteiger partial charge in [0.15, 0.2) is 0 Å². The van der Waals surface area contributed by atoms with E-state index in [4.69, 9.17) is 11.6 Å². The number of carbonyl (C=O) groups excluding carboxylic acids is 2. The monoisotopic (exact) mass is 551 g/mol. The van der Waals surface area contributed by atoms with Crippen molar-refractivity contribution in [2.75, 3.05) is 44.2 Å². The average Bonchev–Trinajstić information content (AvgIpc) is 3.48. The molecule has 1 aromatic heterocycles. The van der Waals surface area contributed by atoms with Crippen LogP contribution in [0.25, 0.3) is 0 Å². The fraction of sp³-hybridized carbons (Fsp3) is 0.581. The molecule has 0 radical (unpaired) electrons. The molecule has 39 heavy (non-hydrogen) atoms. The number of amides is 3. The van der Waals surface area contributed by atoms with E-state index in [1.54, 1.807) is 6.20 Å². The van der Waals surface area contributed by atoms with Crippen LogP contribution in [-0.4, -0.2) is 72.0 Å². The summed E-state index contributed by atoms with van der Waals surface area (Å²) < 4.78 is 0. The number of nitrogens with zero attached hydrogens (tertiary/aromatic N) is 4. The Morgan fingerprint density at radius 1 is 1.00 bits per heavy atom. The van der Waals surface area contributed by atoms with Gasteiger partial charge in [0.05, 0.1) is 11.3 Å². The molecule has 7 nitrogen and oxygen atoms in total. The average molecular weight is 552 g/mol. The van der Waals surface area contributed by atoms with Gasteiger partial charge in [0, 0.05) is 55.7 Å². The van der Waals surface area contributed by atoms with E-state index in [1.807, 2.05) is 54.8 Å². The van der Waals surface area contributed by atoms with Crippen LogP contribution >= 0.6 is 11.6 Å². The van der Waals surface area contributed by atoms with E-state index in [0.717, 1.165) is 80.1 Å². The molecule has 1 aromatic carbocycles. The highest BCUT2D eigenvalue weighted by Gasteiger charge is 2.42. The number of urea groups is 1.